The highest BCUT2D eigenvalue weighted by atomic mass is 32.2. The van der Waals surface area contributed by atoms with Crippen LogP contribution < -0.4 is 4.74 Å². The van der Waals surface area contributed by atoms with Crippen LogP contribution in [0.25, 0.3) is 0 Å². The molecule has 1 aliphatic rings. The molecule has 1 aromatic heterocycles. The molecule has 2 heterocycles. The molecule has 0 N–H and O–H groups in total. The second kappa shape index (κ2) is 8.70. The lowest BCUT2D eigenvalue weighted by Gasteiger charge is -2.33. The standard InChI is InChI=1S/C20H25N3O4S/c1-16(2)17-5-3-6-18(13-17)27-15-20(24)22-9-11-23(12-10-22)28(25,26)19-7-4-8-21-14-19/h3-8,13-14,16H,9-12,15H2,1-2H3. The number of ether oxygens (including phenoxy) is 1. The fourth-order valence-electron chi connectivity index (χ4n) is 3.03. The zero-order chi connectivity index (χ0) is 20.1. The van der Waals surface area contributed by atoms with Gasteiger partial charge < -0.3 is 9.64 Å². The molecular weight excluding hydrogens is 378 g/mol. The van der Waals surface area contributed by atoms with Crippen LogP contribution in [0.2, 0.25) is 0 Å². The van der Waals surface area contributed by atoms with Crippen molar-refractivity contribution < 1.29 is 17.9 Å². The van der Waals surface area contributed by atoms with Gasteiger partial charge in [-0.15, -0.1) is 0 Å². The van der Waals surface area contributed by atoms with E-state index < -0.39 is 10.0 Å². The summed E-state index contributed by atoms with van der Waals surface area (Å²) in [6, 6.07) is 10.8. The summed E-state index contributed by atoms with van der Waals surface area (Å²) in [5.74, 6) is 0.903. The number of aromatic nitrogens is 1. The van der Waals surface area contributed by atoms with E-state index in [4.69, 9.17) is 4.74 Å². The molecule has 2 aromatic rings. The van der Waals surface area contributed by atoms with Gasteiger partial charge in [-0.3, -0.25) is 9.78 Å². The second-order valence-electron chi connectivity index (χ2n) is 6.99. The summed E-state index contributed by atoms with van der Waals surface area (Å²) in [5, 5.41) is 0. The Hall–Kier alpha value is -2.45. The van der Waals surface area contributed by atoms with Crippen molar-refractivity contribution >= 4 is 15.9 Å². The number of amides is 1. The van der Waals surface area contributed by atoms with Crippen LogP contribution in [-0.4, -0.2) is 61.3 Å². The molecule has 1 aromatic carbocycles. The lowest BCUT2D eigenvalue weighted by molar-refractivity contribution is -0.134. The Bertz CT molecular complexity index is 908. The predicted octanol–water partition coefficient (Wildman–Crippen LogP) is 2.12. The number of carbonyl (C=O) groups excluding carboxylic acids is 1. The summed E-state index contributed by atoms with van der Waals surface area (Å²) in [6.07, 6.45) is 2.87. The molecule has 28 heavy (non-hydrogen) atoms. The first-order chi connectivity index (χ1) is 13.4. The molecule has 0 aliphatic carbocycles. The van der Waals surface area contributed by atoms with Gasteiger partial charge in [0, 0.05) is 38.6 Å². The van der Waals surface area contributed by atoms with Crippen molar-refractivity contribution in [3.8, 4) is 5.75 Å². The van der Waals surface area contributed by atoms with E-state index in [1.54, 1.807) is 11.0 Å². The predicted molar refractivity (Wildman–Crippen MR) is 106 cm³/mol. The molecule has 1 aliphatic heterocycles. The summed E-state index contributed by atoms with van der Waals surface area (Å²) < 4.78 is 32.3. The largest absolute Gasteiger partial charge is 0.484 e. The van der Waals surface area contributed by atoms with E-state index >= 15 is 0 Å². The van der Waals surface area contributed by atoms with E-state index in [1.165, 1.54) is 22.8 Å². The van der Waals surface area contributed by atoms with Crippen molar-refractivity contribution in [1.82, 2.24) is 14.2 Å². The smallest absolute Gasteiger partial charge is 0.260 e. The zero-order valence-electron chi connectivity index (χ0n) is 16.1. The molecule has 0 unspecified atom stereocenters. The van der Waals surface area contributed by atoms with E-state index in [2.05, 4.69) is 18.8 Å². The highest BCUT2D eigenvalue weighted by Crippen LogP contribution is 2.20. The number of nitrogens with zero attached hydrogens (tertiary/aromatic N) is 3. The highest BCUT2D eigenvalue weighted by Gasteiger charge is 2.30. The van der Waals surface area contributed by atoms with Gasteiger partial charge in [-0.25, -0.2) is 8.42 Å². The molecule has 0 radical (unpaired) electrons. The van der Waals surface area contributed by atoms with Crippen LogP contribution >= 0.6 is 0 Å². The highest BCUT2D eigenvalue weighted by molar-refractivity contribution is 7.89. The third kappa shape index (κ3) is 4.69. The average Bonchev–Trinajstić information content (AvgIpc) is 2.73. The molecule has 0 saturated carbocycles. The van der Waals surface area contributed by atoms with Crippen molar-refractivity contribution in [2.45, 2.75) is 24.7 Å². The van der Waals surface area contributed by atoms with Crippen LogP contribution in [0.15, 0.2) is 53.7 Å². The minimum absolute atomic E-state index is 0.0586. The summed E-state index contributed by atoms with van der Waals surface area (Å²) >= 11 is 0. The zero-order valence-corrected chi connectivity index (χ0v) is 16.9. The SMILES string of the molecule is CC(C)c1cccc(OCC(=O)N2CCN(S(=O)(=O)c3cccnc3)CC2)c1. The fourth-order valence-corrected chi connectivity index (χ4v) is 4.41. The van der Waals surface area contributed by atoms with Crippen LogP contribution in [0.3, 0.4) is 0 Å². The molecule has 0 bridgehead atoms. The molecule has 7 nitrogen and oxygen atoms in total. The van der Waals surface area contributed by atoms with Gasteiger partial charge in [0.1, 0.15) is 10.6 Å². The van der Waals surface area contributed by atoms with Gasteiger partial charge in [-0.1, -0.05) is 26.0 Å². The van der Waals surface area contributed by atoms with E-state index in [0.717, 1.165) is 5.56 Å². The molecule has 0 atom stereocenters. The third-order valence-electron chi connectivity index (χ3n) is 4.75. The third-order valence-corrected chi connectivity index (χ3v) is 6.63. The molecule has 150 valence electrons. The molecule has 3 rings (SSSR count). The van der Waals surface area contributed by atoms with E-state index in [0.29, 0.717) is 24.8 Å². The van der Waals surface area contributed by atoms with Gasteiger partial charge in [0.05, 0.1) is 0 Å². The number of hydrogen-bond donors (Lipinski definition) is 0. The molecule has 8 heteroatoms. The maximum atomic E-state index is 12.6. The van der Waals surface area contributed by atoms with Crippen LogP contribution in [-0.2, 0) is 14.8 Å². The van der Waals surface area contributed by atoms with Crippen molar-refractivity contribution in [3.63, 3.8) is 0 Å². The van der Waals surface area contributed by atoms with Crippen LogP contribution in [0, 0.1) is 0 Å². The first-order valence-corrected chi connectivity index (χ1v) is 10.7. The quantitative estimate of drug-likeness (QED) is 0.738. The van der Waals surface area contributed by atoms with Crippen LogP contribution in [0.1, 0.15) is 25.3 Å². The van der Waals surface area contributed by atoms with Gasteiger partial charge in [0.2, 0.25) is 10.0 Å². The normalized spacial score (nSPS) is 15.6. The Morgan fingerprint density at radius 1 is 1.14 bits per heavy atom. The second-order valence-corrected chi connectivity index (χ2v) is 8.93. The van der Waals surface area contributed by atoms with Crippen LogP contribution in [0.4, 0.5) is 0 Å². The Morgan fingerprint density at radius 3 is 2.54 bits per heavy atom. The average molecular weight is 404 g/mol. The number of piperazine rings is 1. The minimum Gasteiger partial charge on any atom is -0.484 e. The maximum absolute atomic E-state index is 12.6. The van der Waals surface area contributed by atoms with Crippen molar-refractivity contribution in [2.24, 2.45) is 0 Å². The number of hydrogen-bond acceptors (Lipinski definition) is 5. The van der Waals surface area contributed by atoms with Crippen LogP contribution in [0.5, 0.6) is 5.75 Å². The van der Waals surface area contributed by atoms with Gasteiger partial charge in [0.25, 0.3) is 5.91 Å². The van der Waals surface area contributed by atoms with Crippen molar-refractivity contribution in [2.75, 3.05) is 32.8 Å². The van der Waals surface area contributed by atoms with E-state index in [9.17, 15) is 13.2 Å². The summed E-state index contributed by atoms with van der Waals surface area (Å²) in [4.78, 5) is 18.1. The number of rotatable bonds is 6. The molecule has 1 amide bonds. The van der Waals surface area contributed by atoms with E-state index in [1.807, 2.05) is 24.3 Å². The summed E-state index contributed by atoms with van der Waals surface area (Å²) in [6.45, 7) is 5.34. The molecule has 1 fully saturated rings. The number of benzene rings is 1. The topological polar surface area (TPSA) is 79.8 Å². The van der Waals surface area contributed by atoms with Gasteiger partial charge in [0.15, 0.2) is 6.61 Å². The lowest BCUT2D eigenvalue weighted by Crippen LogP contribution is -2.51. The monoisotopic (exact) mass is 403 g/mol. The van der Waals surface area contributed by atoms with Gasteiger partial charge in [-0.2, -0.15) is 4.31 Å². The number of sulfonamides is 1. The number of carbonyl (C=O) groups is 1. The van der Waals surface area contributed by atoms with E-state index in [-0.39, 0.29) is 30.5 Å². The van der Waals surface area contributed by atoms with Crippen molar-refractivity contribution in [3.05, 3.63) is 54.4 Å². The first kappa shape index (κ1) is 20.3. The minimum atomic E-state index is -3.58. The maximum Gasteiger partial charge on any atom is 0.260 e. The van der Waals surface area contributed by atoms with Gasteiger partial charge in [-0.05, 0) is 35.7 Å². The Morgan fingerprint density at radius 2 is 1.89 bits per heavy atom. The molecule has 1 saturated heterocycles. The van der Waals surface area contributed by atoms with Crippen molar-refractivity contribution in [1.29, 1.82) is 0 Å². The van der Waals surface area contributed by atoms with Gasteiger partial charge >= 0.3 is 0 Å². The molecule has 0 spiro atoms. The summed E-state index contributed by atoms with van der Waals surface area (Å²) in [7, 11) is -3.58. The Kier molecular flexibility index (Phi) is 6.31. The Labute approximate surface area is 166 Å². The molecular formula is C20H25N3O4S. The fraction of sp³-hybridized carbons (Fsp3) is 0.400. The first-order valence-electron chi connectivity index (χ1n) is 9.28. The lowest BCUT2D eigenvalue weighted by atomic mass is 10.0. The summed E-state index contributed by atoms with van der Waals surface area (Å²) in [5.41, 5.74) is 1.15. The number of pyridine rings is 1. The Balaban J connectivity index is 1.53.